The van der Waals surface area contributed by atoms with Crippen LogP contribution in [0, 0.1) is 42.9 Å². The van der Waals surface area contributed by atoms with Gasteiger partial charge in [0, 0.05) is 173 Å². The standard InChI is InChI=1S/C45H50ClN7O6S2.C44H47ClN6O6S2/c1-45(2)13-11-32(39(24-45)30-5-7-33(46)8-6-30)27-51-15-17-52(18-16-51)34-9-10-37(41(21-34)59-35-20-31-12-14-47-43(31)48-25-35)44(54)49-61(57,58)36-22-40(53(55)56)38-19-29(26-50(3)4)28-60-42(38)23-36;1-4-28-19-37-39(51(53)54)22-35(23-41(37)58-27-28)59(55,56)48-43(52)36-10-9-33(21-40(36)57-34-20-30-12-14-46-42(30)47-25-34)50-17-15-49(16-18-50)26-31-11-13-44(2,3)24-38(31)29-5-7-32(45)8-6-29/h5-10,12,14,20-23,25,29H,11,13,15-19,24,26-28H2,1-4H3,(H,47,48)(H,49,54);5-10,12,14,20-23,25,28H,4,11,13,15-19,24,26-27H2,1-3H3,(H,46,47)(H,48,52)/t29-;28-/m10/s1. The lowest BCUT2D eigenvalue weighted by molar-refractivity contribution is -0.386. The normalized spacial score (nSPS) is 18.4. The van der Waals surface area contributed by atoms with Gasteiger partial charge in [-0.15, -0.1) is 23.5 Å². The average Bonchev–Trinajstić information content (AvgIpc) is 0.824. The number of fused-ring (bicyclic) bond motifs is 4. The molecule has 628 valence electrons. The van der Waals surface area contributed by atoms with Crippen LogP contribution in [0.3, 0.4) is 0 Å². The van der Waals surface area contributed by atoms with Gasteiger partial charge < -0.3 is 34.1 Å². The summed E-state index contributed by atoms with van der Waals surface area (Å²) in [4.78, 5) is 78.1. The minimum atomic E-state index is -4.54. The van der Waals surface area contributed by atoms with Gasteiger partial charge in [-0.3, -0.25) is 39.6 Å². The number of nitrogens with zero attached hydrogens (tertiary/aromatic N) is 9. The first-order chi connectivity index (χ1) is 57.3. The molecule has 4 aromatic heterocycles. The number of benzene rings is 6. The number of thioether (sulfide) groups is 2. The Morgan fingerprint density at radius 3 is 1.38 bits per heavy atom. The number of allylic oxidation sites excluding steroid dienone is 2. The van der Waals surface area contributed by atoms with Crippen molar-refractivity contribution in [2.24, 2.45) is 22.7 Å². The van der Waals surface area contributed by atoms with E-state index < -0.39 is 41.7 Å². The van der Waals surface area contributed by atoms with Crippen LogP contribution in [0.4, 0.5) is 22.7 Å². The van der Waals surface area contributed by atoms with Gasteiger partial charge in [0.15, 0.2) is 0 Å². The van der Waals surface area contributed by atoms with Crippen molar-refractivity contribution >= 4 is 135 Å². The summed E-state index contributed by atoms with van der Waals surface area (Å²) in [6.07, 6.45) is 14.8. The van der Waals surface area contributed by atoms with Gasteiger partial charge in [-0.25, -0.2) is 36.2 Å². The number of hydrogen-bond acceptors (Lipinski definition) is 21. The lowest BCUT2D eigenvalue weighted by Gasteiger charge is -2.39. The van der Waals surface area contributed by atoms with E-state index in [2.05, 4.69) is 101 Å². The maximum Gasteiger partial charge on any atom is 0.275 e. The van der Waals surface area contributed by atoms with Gasteiger partial charge in [-0.1, -0.05) is 99.7 Å². The quantitative estimate of drug-likeness (QED) is 0.0341. The zero-order valence-corrected chi connectivity index (χ0v) is 72.8. The number of sulfonamides is 2. The third kappa shape index (κ3) is 19.9. The van der Waals surface area contributed by atoms with Gasteiger partial charge in [-0.05, 0) is 195 Å². The summed E-state index contributed by atoms with van der Waals surface area (Å²) in [7, 11) is -5.16. The van der Waals surface area contributed by atoms with Crippen molar-refractivity contribution in [3.8, 4) is 23.0 Å². The number of anilines is 2. The Kier molecular flexibility index (Phi) is 25.3. The highest BCUT2D eigenvalue weighted by molar-refractivity contribution is 7.99. The van der Waals surface area contributed by atoms with E-state index in [0.717, 1.165) is 167 Å². The van der Waals surface area contributed by atoms with Crippen LogP contribution >= 0.6 is 46.7 Å². The van der Waals surface area contributed by atoms with E-state index in [1.54, 1.807) is 60.9 Å². The first-order valence-electron chi connectivity index (χ1n) is 40.4. The van der Waals surface area contributed by atoms with Crippen LogP contribution in [0.15, 0.2) is 189 Å². The predicted molar refractivity (Wildman–Crippen MR) is 475 cm³/mol. The number of rotatable bonds is 23. The van der Waals surface area contributed by atoms with Gasteiger partial charge in [0.2, 0.25) is 0 Å². The molecule has 25 nitrogen and oxygen atoms in total. The molecular weight excluding hydrogens is 1640 g/mol. The molecule has 0 spiro atoms. The molecule has 2 aliphatic carbocycles. The molecule has 2 amide bonds. The van der Waals surface area contributed by atoms with Crippen LogP contribution in [-0.4, -0.2) is 171 Å². The van der Waals surface area contributed by atoms with Crippen LogP contribution in [-0.2, 0) is 32.9 Å². The number of halogens is 2. The molecule has 4 aliphatic heterocycles. The van der Waals surface area contributed by atoms with Gasteiger partial charge in [0.05, 0.1) is 43.2 Å². The van der Waals surface area contributed by atoms with Crippen molar-refractivity contribution < 1.29 is 45.7 Å². The van der Waals surface area contributed by atoms with Crippen molar-refractivity contribution in [1.29, 1.82) is 0 Å². The van der Waals surface area contributed by atoms with Gasteiger partial charge in [0.25, 0.3) is 43.2 Å². The molecule has 6 aromatic carbocycles. The van der Waals surface area contributed by atoms with E-state index >= 15 is 0 Å². The zero-order valence-electron chi connectivity index (χ0n) is 68.0. The van der Waals surface area contributed by atoms with Crippen LogP contribution < -0.4 is 28.7 Å². The van der Waals surface area contributed by atoms with Crippen molar-refractivity contribution in [3.05, 3.63) is 233 Å². The van der Waals surface area contributed by atoms with E-state index in [9.17, 15) is 46.7 Å². The fourth-order valence-electron chi connectivity index (χ4n) is 17.0. The van der Waals surface area contributed by atoms with Gasteiger partial charge in [-0.2, -0.15) is 0 Å². The second-order valence-corrected chi connectivity index (χ2v) is 40.1. The summed E-state index contributed by atoms with van der Waals surface area (Å²) in [5.41, 5.74) is 12.2. The summed E-state index contributed by atoms with van der Waals surface area (Å²) >= 11 is 15.3. The number of ether oxygens (including phenoxy) is 2. The number of nitrogens with one attached hydrogen (secondary N) is 4. The summed E-state index contributed by atoms with van der Waals surface area (Å²) in [5.74, 6) is 1.01. The second-order valence-electron chi connectivity index (χ2n) is 33.8. The van der Waals surface area contributed by atoms with E-state index in [-0.39, 0.29) is 66.5 Å². The Balaban J connectivity index is 0.000000187. The predicted octanol–water partition coefficient (Wildman–Crippen LogP) is 18.1. The molecule has 4 N–H and O–H groups in total. The van der Waals surface area contributed by atoms with Gasteiger partial charge in [0.1, 0.15) is 34.3 Å². The molecule has 2 atom stereocenters. The fraction of sp³-hybridized carbons (Fsp3) is 0.371. The third-order valence-corrected chi connectivity index (χ3v) is 29.4. The third-order valence-electron chi connectivity index (χ3n) is 23.6. The Morgan fingerprint density at radius 2 is 0.975 bits per heavy atom. The number of aromatic amines is 2. The van der Waals surface area contributed by atoms with Crippen molar-refractivity contribution in [3.63, 3.8) is 0 Å². The number of carbonyl (C=O) groups excluding carboxylic acids is 2. The van der Waals surface area contributed by atoms with Crippen molar-refractivity contribution in [2.45, 2.75) is 112 Å². The van der Waals surface area contributed by atoms with E-state index in [4.69, 9.17) is 32.7 Å². The molecule has 10 aromatic rings. The Bertz CT molecular complexity index is 5900. The highest BCUT2D eigenvalue weighted by atomic mass is 35.5. The molecule has 6 aliphatic rings. The van der Waals surface area contributed by atoms with Crippen molar-refractivity contribution in [2.75, 3.05) is 107 Å². The number of H-pyrrole nitrogens is 2. The number of nitro groups is 2. The lowest BCUT2D eigenvalue weighted by Crippen LogP contribution is -2.47. The smallest absolute Gasteiger partial charge is 0.275 e. The van der Waals surface area contributed by atoms with Crippen LogP contribution in [0.5, 0.6) is 23.0 Å². The number of piperazine rings is 2. The summed E-state index contributed by atoms with van der Waals surface area (Å²) < 4.78 is 72.3. The Morgan fingerprint density at radius 1 is 0.567 bits per heavy atom. The average molecular weight is 1740 g/mol. The number of nitro benzene ring substituents is 2. The first kappa shape index (κ1) is 85.2. The molecule has 0 unspecified atom stereocenters. The second kappa shape index (κ2) is 35.7. The van der Waals surface area contributed by atoms with Crippen LogP contribution in [0.1, 0.15) is 123 Å². The van der Waals surface area contributed by atoms with E-state index in [0.29, 0.717) is 62.3 Å². The highest BCUT2D eigenvalue weighted by Crippen LogP contribution is 2.48. The van der Waals surface area contributed by atoms with Gasteiger partial charge >= 0.3 is 0 Å². The zero-order chi connectivity index (χ0) is 84.5. The maximum atomic E-state index is 14.0. The molecule has 8 heterocycles. The first-order valence-corrected chi connectivity index (χ1v) is 46.1. The van der Waals surface area contributed by atoms with Crippen LogP contribution in [0.25, 0.3) is 33.2 Å². The molecule has 0 saturated carbocycles. The minimum Gasteiger partial charge on any atom is -0.455 e. The molecule has 2 saturated heterocycles. The molecular formula is C89H97Cl2N13O12S4. The highest BCUT2D eigenvalue weighted by Gasteiger charge is 2.37. The molecule has 2 fully saturated rings. The Hall–Kier alpha value is -9.82. The molecule has 31 heteroatoms. The number of aromatic nitrogens is 4. The topological polar surface area (TPSA) is 305 Å². The van der Waals surface area contributed by atoms with E-state index in [1.165, 1.54) is 81.5 Å². The lowest BCUT2D eigenvalue weighted by atomic mass is 9.72. The number of hydrogen-bond donors (Lipinski definition) is 4. The summed E-state index contributed by atoms with van der Waals surface area (Å²) in [5, 5.41) is 27.4. The number of pyridine rings is 2. The SMILES string of the molecule is CC[C@@H]1CSc2cc(S(=O)(=O)NC(=O)c3ccc(N4CCN(CC5=C(c6ccc(Cl)cc6)CC(C)(C)CC5)CC4)cc3Oc3cnc4[nH]ccc4c3)cc([N+](=O)[O-])c2C1.CN(C)C[C@@H]1CSc2cc(S(=O)(=O)NC(=O)c3ccc(N4CCN(CC5=C(c6ccc(Cl)cc6)CC(C)(C)CC5)CC4)cc3Oc3cnc4[nH]ccc4c3)cc([N+](=O)[O-])c2C1. The van der Waals surface area contributed by atoms with E-state index in [1.807, 2.05) is 62.3 Å². The monoisotopic (exact) mass is 1740 g/mol. The molecule has 0 bridgehead atoms. The Labute approximate surface area is 717 Å². The molecule has 120 heavy (non-hydrogen) atoms. The number of amides is 2. The fourth-order valence-corrected chi connectivity index (χ4v) is 21.9. The number of carbonyl (C=O) groups is 2. The summed E-state index contributed by atoms with van der Waals surface area (Å²) in [6, 6.07) is 38.8. The largest absolute Gasteiger partial charge is 0.455 e. The van der Waals surface area contributed by atoms with Crippen molar-refractivity contribution in [1.82, 2.24) is 44.1 Å². The summed E-state index contributed by atoms with van der Waals surface area (Å²) in [6.45, 7) is 20.2. The maximum absolute atomic E-state index is 14.0. The molecule has 0 radical (unpaired) electrons. The van der Waals surface area contributed by atoms with Crippen LogP contribution in [0.2, 0.25) is 10.0 Å². The minimum absolute atomic E-state index is 0.0142. The molecule has 16 rings (SSSR count).